The van der Waals surface area contributed by atoms with Gasteiger partial charge in [0, 0.05) is 12.7 Å². The van der Waals surface area contributed by atoms with Gasteiger partial charge in [-0.1, -0.05) is 19.9 Å². The Balaban J connectivity index is 2.40. The van der Waals surface area contributed by atoms with E-state index in [9.17, 15) is 4.79 Å². The van der Waals surface area contributed by atoms with Crippen molar-refractivity contribution in [2.75, 3.05) is 11.9 Å². The Kier molecular flexibility index (Phi) is 4.76. The maximum atomic E-state index is 11.7. The van der Waals surface area contributed by atoms with Crippen LogP contribution in [0, 0.1) is 5.92 Å². The van der Waals surface area contributed by atoms with E-state index in [0.717, 1.165) is 5.82 Å². The van der Waals surface area contributed by atoms with E-state index < -0.39 is 0 Å². The molecule has 1 aromatic heterocycles. The highest BCUT2D eigenvalue weighted by molar-refractivity contribution is 5.83. The molecule has 0 fully saturated rings. The molecule has 1 atom stereocenters. The highest BCUT2D eigenvalue weighted by Crippen LogP contribution is 2.02. The van der Waals surface area contributed by atoms with Gasteiger partial charge in [-0.25, -0.2) is 4.98 Å². The molecule has 1 aromatic rings. The predicted octanol–water partition coefficient (Wildman–Crippen LogP) is 1.65. The van der Waals surface area contributed by atoms with E-state index in [1.807, 2.05) is 25.1 Å². The van der Waals surface area contributed by atoms with Crippen LogP contribution in [0.15, 0.2) is 24.4 Å². The number of nitrogens with zero attached hydrogens (tertiary/aromatic N) is 1. The van der Waals surface area contributed by atoms with Gasteiger partial charge in [0.2, 0.25) is 5.91 Å². The van der Waals surface area contributed by atoms with Crippen LogP contribution in [0.1, 0.15) is 20.8 Å². The van der Waals surface area contributed by atoms with Gasteiger partial charge in [-0.2, -0.15) is 0 Å². The lowest BCUT2D eigenvalue weighted by Crippen LogP contribution is -2.39. The van der Waals surface area contributed by atoms with Crippen LogP contribution in [0.2, 0.25) is 0 Å². The van der Waals surface area contributed by atoms with Crippen LogP contribution in [0.5, 0.6) is 0 Å². The van der Waals surface area contributed by atoms with E-state index in [2.05, 4.69) is 29.5 Å². The first-order valence-electron chi connectivity index (χ1n) is 5.55. The number of rotatable bonds is 5. The Bertz CT molecular complexity index is 324. The fourth-order valence-electron chi connectivity index (χ4n) is 1.19. The first-order chi connectivity index (χ1) is 7.59. The zero-order chi connectivity index (χ0) is 12.0. The quantitative estimate of drug-likeness (QED) is 0.795. The van der Waals surface area contributed by atoms with Crippen LogP contribution in [0.25, 0.3) is 0 Å². The van der Waals surface area contributed by atoms with E-state index in [1.54, 1.807) is 6.20 Å². The first kappa shape index (κ1) is 12.5. The number of anilines is 1. The molecule has 88 valence electrons. The second-order valence-corrected chi connectivity index (χ2v) is 4.22. The van der Waals surface area contributed by atoms with Crippen LogP contribution in [-0.4, -0.2) is 23.5 Å². The highest BCUT2D eigenvalue weighted by atomic mass is 16.2. The minimum Gasteiger partial charge on any atom is -0.359 e. The third-order valence-corrected chi connectivity index (χ3v) is 2.11. The molecule has 0 aliphatic heterocycles. The molecule has 0 saturated heterocycles. The van der Waals surface area contributed by atoms with Gasteiger partial charge >= 0.3 is 0 Å². The Morgan fingerprint density at radius 1 is 1.38 bits per heavy atom. The lowest BCUT2D eigenvalue weighted by molar-refractivity contribution is -0.121. The van der Waals surface area contributed by atoms with Crippen molar-refractivity contribution in [3.63, 3.8) is 0 Å². The number of nitrogens with one attached hydrogen (secondary N) is 2. The average Bonchev–Trinajstić information content (AvgIpc) is 2.27. The molecule has 0 spiro atoms. The SMILES string of the molecule is CC(C)CNC(=O)C(C)Nc1ccccn1. The molecule has 1 rings (SSSR count). The molecule has 4 heteroatoms. The van der Waals surface area contributed by atoms with Crippen LogP contribution in [0.3, 0.4) is 0 Å². The van der Waals surface area contributed by atoms with Crippen LogP contribution in [0.4, 0.5) is 5.82 Å². The molecule has 0 bridgehead atoms. The van der Waals surface area contributed by atoms with Crippen molar-refractivity contribution in [1.29, 1.82) is 0 Å². The van der Waals surface area contributed by atoms with Crippen LogP contribution >= 0.6 is 0 Å². The van der Waals surface area contributed by atoms with Gasteiger partial charge in [-0.05, 0) is 25.0 Å². The summed E-state index contributed by atoms with van der Waals surface area (Å²) < 4.78 is 0. The van der Waals surface area contributed by atoms with Crippen molar-refractivity contribution >= 4 is 11.7 Å². The number of amides is 1. The van der Waals surface area contributed by atoms with Gasteiger partial charge in [0.15, 0.2) is 0 Å². The zero-order valence-corrected chi connectivity index (χ0v) is 10.0. The maximum Gasteiger partial charge on any atom is 0.242 e. The van der Waals surface area contributed by atoms with Gasteiger partial charge in [0.1, 0.15) is 11.9 Å². The Morgan fingerprint density at radius 2 is 2.12 bits per heavy atom. The Morgan fingerprint density at radius 3 is 2.69 bits per heavy atom. The fourth-order valence-corrected chi connectivity index (χ4v) is 1.19. The topological polar surface area (TPSA) is 54.0 Å². The number of carbonyl (C=O) groups excluding carboxylic acids is 1. The average molecular weight is 221 g/mol. The first-order valence-corrected chi connectivity index (χ1v) is 5.55. The van der Waals surface area contributed by atoms with Gasteiger partial charge in [-0.15, -0.1) is 0 Å². The van der Waals surface area contributed by atoms with E-state index in [4.69, 9.17) is 0 Å². The minimum absolute atomic E-state index is 0.000599. The molecule has 0 radical (unpaired) electrons. The lowest BCUT2D eigenvalue weighted by Gasteiger charge is -2.15. The molecule has 4 nitrogen and oxygen atoms in total. The predicted molar refractivity (Wildman–Crippen MR) is 65.2 cm³/mol. The second-order valence-electron chi connectivity index (χ2n) is 4.22. The number of carbonyl (C=O) groups is 1. The Hall–Kier alpha value is -1.58. The standard InChI is InChI=1S/C12H19N3O/c1-9(2)8-14-12(16)10(3)15-11-6-4-5-7-13-11/h4-7,9-10H,8H2,1-3H3,(H,13,15)(H,14,16). The summed E-state index contributed by atoms with van der Waals surface area (Å²) >= 11 is 0. The van der Waals surface area contributed by atoms with E-state index in [1.165, 1.54) is 0 Å². The van der Waals surface area contributed by atoms with Crippen molar-refractivity contribution in [2.24, 2.45) is 5.92 Å². The zero-order valence-electron chi connectivity index (χ0n) is 10.0. The Labute approximate surface area is 96.5 Å². The molecule has 16 heavy (non-hydrogen) atoms. The summed E-state index contributed by atoms with van der Waals surface area (Å²) in [5.74, 6) is 1.18. The molecule has 1 amide bonds. The van der Waals surface area contributed by atoms with Crippen molar-refractivity contribution in [2.45, 2.75) is 26.8 Å². The fraction of sp³-hybridized carbons (Fsp3) is 0.500. The number of aromatic nitrogens is 1. The second kappa shape index (κ2) is 6.10. The van der Waals surface area contributed by atoms with Crippen molar-refractivity contribution in [3.8, 4) is 0 Å². The largest absolute Gasteiger partial charge is 0.359 e. The normalized spacial score (nSPS) is 12.2. The van der Waals surface area contributed by atoms with E-state index in [0.29, 0.717) is 12.5 Å². The summed E-state index contributed by atoms with van der Waals surface area (Å²) in [6.45, 7) is 6.66. The van der Waals surface area contributed by atoms with E-state index in [-0.39, 0.29) is 11.9 Å². The van der Waals surface area contributed by atoms with Crippen molar-refractivity contribution in [3.05, 3.63) is 24.4 Å². The summed E-state index contributed by atoms with van der Waals surface area (Å²) in [6.07, 6.45) is 1.70. The third kappa shape index (κ3) is 4.29. The molecule has 0 saturated carbocycles. The summed E-state index contributed by atoms with van der Waals surface area (Å²) in [6, 6.07) is 5.29. The van der Waals surface area contributed by atoms with Crippen molar-refractivity contribution in [1.82, 2.24) is 10.3 Å². The van der Waals surface area contributed by atoms with Gasteiger partial charge < -0.3 is 10.6 Å². The summed E-state index contributed by atoms with van der Waals surface area (Å²) in [5, 5.41) is 5.92. The highest BCUT2D eigenvalue weighted by Gasteiger charge is 2.12. The van der Waals surface area contributed by atoms with Gasteiger partial charge in [0.25, 0.3) is 0 Å². The molecular weight excluding hydrogens is 202 g/mol. The smallest absolute Gasteiger partial charge is 0.242 e. The monoisotopic (exact) mass is 221 g/mol. The van der Waals surface area contributed by atoms with Crippen LogP contribution < -0.4 is 10.6 Å². The number of pyridine rings is 1. The molecule has 1 heterocycles. The minimum atomic E-state index is -0.270. The van der Waals surface area contributed by atoms with Gasteiger partial charge in [-0.3, -0.25) is 4.79 Å². The summed E-state index contributed by atoms with van der Waals surface area (Å²) in [5.41, 5.74) is 0. The summed E-state index contributed by atoms with van der Waals surface area (Å²) in [4.78, 5) is 15.8. The van der Waals surface area contributed by atoms with Crippen LogP contribution in [-0.2, 0) is 4.79 Å². The van der Waals surface area contributed by atoms with Crippen molar-refractivity contribution < 1.29 is 4.79 Å². The third-order valence-electron chi connectivity index (χ3n) is 2.11. The molecule has 0 aliphatic rings. The van der Waals surface area contributed by atoms with E-state index >= 15 is 0 Å². The number of hydrogen-bond acceptors (Lipinski definition) is 3. The lowest BCUT2D eigenvalue weighted by atomic mass is 10.2. The molecular formula is C12H19N3O. The molecule has 0 aromatic carbocycles. The maximum absolute atomic E-state index is 11.7. The number of hydrogen-bond donors (Lipinski definition) is 2. The molecule has 2 N–H and O–H groups in total. The molecule has 1 unspecified atom stereocenters. The summed E-state index contributed by atoms with van der Waals surface area (Å²) in [7, 11) is 0. The van der Waals surface area contributed by atoms with Gasteiger partial charge in [0.05, 0.1) is 0 Å². The molecule has 0 aliphatic carbocycles.